The van der Waals surface area contributed by atoms with Crippen molar-refractivity contribution in [2.45, 2.75) is 15.9 Å². The van der Waals surface area contributed by atoms with Gasteiger partial charge in [-0.1, -0.05) is 11.8 Å². The molecule has 4 rings (SSSR count). The largest absolute Gasteiger partial charge is 0.490 e. The average Bonchev–Trinajstić information content (AvgIpc) is 3.39. The first kappa shape index (κ1) is 20.1. The minimum Gasteiger partial charge on any atom is -0.490 e. The van der Waals surface area contributed by atoms with Crippen molar-refractivity contribution in [2.75, 3.05) is 25.5 Å². The summed E-state index contributed by atoms with van der Waals surface area (Å²) < 4.78 is 6.62. The summed E-state index contributed by atoms with van der Waals surface area (Å²) in [6.07, 6.45) is 0.298. The third kappa shape index (κ3) is 3.97. The molecule has 0 spiro atoms. The number of thiophene rings is 1. The van der Waals surface area contributed by atoms with Crippen molar-refractivity contribution in [1.29, 1.82) is 0 Å². The Hall–Kier alpha value is -2.14. The third-order valence-electron chi connectivity index (χ3n) is 4.56. The number of nitrogens with one attached hydrogen (secondary N) is 1. The number of hydrogen-bond acceptors (Lipinski definition) is 8. The Morgan fingerprint density at radius 3 is 2.97 bits per heavy atom. The maximum absolute atomic E-state index is 11.2. The van der Waals surface area contributed by atoms with E-state index in [4.69, 9.17) is 16.2 Å². The van der Waals surface area contributed by atoms with E-state index < -0.39 is 0 Å². The van der Waals surface area contributed by atoms with Gasteiger partial charge in [-0.2, -0.15) is 0 Å². The summed E-state index contributed by atoms with van der Waals surface area (Å²) in [6.45, 7) is 0.627. The van der Waals surface area contributed by atoms with Gasteiger partial charge in [-0.3, -0.25) is 9.79 Å². The SMILES string of the molecule is NC(=O)CC1CN=C(c2cc3cc(OCCO)c(-c4ccsc4S)c(N)c3[nH]2)S1. The zero-order valence-electron chi connectivity index (χ0n) is 15.3. The highest BCUT2D eigenvalue weighted by Crippen LogP contribution is 2.44. The maximum atomic E-state index is 11.2. The first-order valence-electron chi connectivity index (χ1n) is 8.93. The molecule has 3 heterocycles. The highest BCUT2D eigenvalue weighted by atomic mass is 32.2. The Balaban J connectivity index is 1.76. The van der Waals surface area contributed by atoms with E-state index in [1.54, 1.807) is 0 Å². The lowest BCUT2D eigenvalue weighted by molar-refractivity contribution is -0.117. The van der Waals surface area contributed by atoms with Crippen LogP contribution in [0, 0.1) is 0 Å². The molecule has 0 radical (unpaired) electrons. The van der Waals surface area contributed by atoms with Crippen LogP contribution in [0.15, 0.2) is 32.8 Å². The van der Waals surface area contributed by atoms with Gasteiger partial charge in [0, 0.05) is 22.6 Å². The highest BCUT2D eigenvalue weighted by Gasteiger charge is 2.25. The molecule has 2 aromatic heterocycles. The number of aliphatic hydroxyl groups is 1. The van der Waals surface area contributed by atoms with Gasteiger partial charge in [0.2, 0.25) is 5.91 Å². The number of carbonyl (C=O) groups excluding carboxylic acids is 1. The Kier molecular flexibility index (Phi) is 5.77. The second-order valence-electron chi connectivity index (χ2n) is 6.58. The predicted octanol–water partition coefficient (Wildman–Crippen LogP) is 2.88. The number of hydrogen-bond donors (Lipinski definition) is 5. The number of aromatic amines is 1. The number of H-pyrrole nitrogens is 1. The second-order valence-corrected chi connectivity index (χ2v) is 9.53. The molecule has 1 atom stereocenters. The molecule has 1 unspecified atom stereocenters. The molecule has 152 valence electrons. The third-order valence-corrected chi connectivity index (χ3v) is 7.05. The molecule has 0 bridgehead atoms. The number of thiol groups is 1. The number of nitrogens with zero attached hydrogens (tertiary/aromatic N) is 1. The van der Waals surface area contributed by atoms with Crippen LogP contribution in [0.5, 0.6) is 5.75 Å². The first-order valence-corrected chi connectivity index (χ1v) is 11.1. The lowest BCUT2D eigenvalue weighted by atomic mass is 10.0. The minimum absolute atomic E-state index is 0.0582. The number of fused-ring (bicyclic) bond motifs is 1. The van der Waals surface area contributed by atoms with Crippen LogP contribution in [-0.2, 0) is 4.79 Å². The van der Waals surface area contributed by atoms with E-state index in [0.29, 0.717) is 24.4 Å². The monoisotopic (exact) mass is 448 g/mol. The molecule has 0 saturated heterocycles. The predicted molar refractivity (Wildman–Crippen MR) is 122 cm³/mol. The van der Waals surface area contributed by atoms with Crippen LogP contribution in [0.4, 0.5) is 5.69 Å². The molecular weight excluding hydrogens is 428 g/mol. The number of anilines is 1. The van der Waals surface area contributed by atoms with Gasteiger partial charge in [-0.25, -0.2) is 0 Å². The van der Waals surface area contributed by atoms with Gasteiger partial charge < -0.3 is 26.3 Å². The molecule has 1 aliphatic heterocycles. The summed E-state index contributed by atoms with van der Waals surface area (Å²) in [5.74, 6) is 0.268. The summed E-state index contributed by atoms with van der Waals surface area (Å²) >= 11 is 7.59. The summed E-state index contributed by atoms with van der Waals surface area (Å²) in [5.41, 5.74) is 15.7. The van der Waals surface area contributed by atoms with E-state index in [0.717, 1.165) is 37.0 Å². The molecule has 10 heteroatoms. The zero-order valence-corrected chi connectivity index (χ0v) is 17.9. The first-order chi connectivity index (χ1) is 14.0. The number of carbonyl (C=O) groups is 1. The second kappa shape index (κ2) is 8.31. The highest BCUT2D eigenvalue weighted by molar-refractivity contribution is 8.15. The van der Waals surface area contributed by atoms with Crippen molar-refractivity contribution in [3.63, 3.8) is 0 Å². The van der Waals surface area contributed by atoms with Crippen molar-refractivity contribution in [3.8, 4) is 16.9 Å². The van der Waals surface area contributed by atoms with Crippen molar-refractivity contribution < 1.29 is 14.6 Å². The molecule has 0 saturated carbocycles. The van der Waals surface area contributed by atoms with Crippen molar-refractivity contribution in [2.24, 2.45) is 10.7 Å². The molecular formula is C19H20N4O3S3. The number of aliphatic hydroxyl groups excluding tert-OH is 1. The van der Waals surface area contributed by atoms with Gasteiger partial charge in [-0.05, 0) is 23.6 Å². The number of ether oxygens (including phenoxy) is 1. The van der Waals surface area contributed by atoms with Crippen LogP contribution in [0.3, 0.4) is 0 Å². The lowest BCUT2D eigenvalue weighted by Gasteiger charge is -2.14. The summed E-state index contributed by atoms with van der Waals surface area (Å²) in [7, 11) is 0. The fraction of sp³-hybridized carbons (Fsp3) is 0.263. The van der Waals surface area contributed by atoms with Crippen LogP contribution < -0.4 is 16.2 Å². The van der Waals surface area contributed by atoms with Crippen molar-refractivity contribution >= 4 is 63.3 Å². The van der Waals surface area contributed by atoms with Crippen molar-refractivity contribution in [1.82, 2.24) is 4.98 Å². The summed E-state index contributed by atoms with van der Waals surface area (Å²) in [5, 5.41) is 12.9. The van der Waals surface area contributed by atoms with Crippen LogP contribution in [0.1, 0.15) is 12.1 Å². The number of aliphatic imine (C=N–C) groups is 1. The van der Waals surface area contributed by atoms with Crippen LogP contribution in [-0.4, -0.2) is 46.0 Å². The van der Waals surface area contributed by atoms with E-state index in [-0.39, 0.29) is 24.4 Å². The van der Waals surface area contributed by atoms with E-state index >= 15 is 0 Å². The Bertz CT molecular complexity index is 1110. The molecule has 1 aliphatic rings. The molecule has 29 heavy (non-hydrogen) atoms. The molecule has 0 aliphatic carbocycles. The number of amides is 1. The Morgan fingerprint density at radius 2 is 2.28 bits per heavy atom. The topological polar surface area (TPSA) is 127 Å². The van der Waals surface area contributed by atoms with Crippen LogP contribution in [0.25, 0.3) is 22.0 Å². The maximum Gasteiger partial charge on any atom is 0.218 e. The number of thioether (sulfide) groups is 1. The Morgan fingerprint density at radius 1 is 1.45 bits per heavy atom. The van der Waals surface area contributed by atoms with E-state index in [1.165, 1.54) is 23.1 Å². The van der Waals surface area contributed by atoms with E-state index in [2.05, 4.69) is 22.6 Å². The minimum atomic E-state index is -0.325. The van der Waals surface area contributed by atoms with E-state index in [1.807, 2.05) is 23.6 Å². The Labute approximate surface area is 180 Å². The number of aromatic nitrogens is 1. The number of nitrogens with two attached hydrogens (primary N) is 2. The quantitative estimate of drug-likeness (QED) is 0.281. The van der Waals surface area contributed by atoms with Crippen molar-refractivity contribution in [3.05, 3.63) is 29.3 Å². The fourth-order valence-corrected chi connectivity index (χ4v) is 5.43. The van der Waals surface area contributed by atoms with Gasteiger partial charge in [0.1, 0.15) is 17.4 Å². The molecule has 1 aromatic carbocycles. The normalized spacial score (nSPS) is 16.3. The molecule has 0 fully saturated rings. The number of rotatable bonds is 7. The van der Waals surface area contributed by atoms with Gasteiger partial charge in [0.25, 0.3) is 0 Å². The molecule has 3 aromatic rings. The number of primary amides is 1. The van der Waals surface area contributed by atoms with Gasteiger partial charge in [0.15, 0.2) is 0 Å². The average molecular weight is 449 g/mol. The number of benzene rings is 1. The summed E-state index contributed by atoms with van der Waals surface area (Å²) in [6, 6.07) is 5.82. The van der Waals surface area contributed by atoms with Crippen LogP contribution >= 0.6 is 35.7 Å². The van der Waals surface area contributed by atoms with E-state index in [9.17, 15) is 9.90 Å². The van der Waals surface area contributed by atoms with Gasteiger partial charge in [0.05, 0.1) is 39.8 Å². The molecule has 1 amide bonds. The zero-order chi connectivity index (χ0) is 20.5. The van der Waals surface area contributed by atoms with Gasteiger partial charge >= 0.3 is 0 Å². The smallest absolute Gasteiger partial charge is 0.218 e. The summed E-state index contributed by atoms with van der Waals surface area (Å²) in [4.78, 5) is 19.1. The van der Waals surface area contributed by atoms with Gasteiger partial charge in [-0.15, -0.1) is 24.0 Å². The lowest BCUT2D eigenvalue weighted by Crippen LogP contribution is -2.18. The molecule has 7 nitrogen and oxygen atoms in total. The fourth-order valence-electron chi connectivity index (χ4n) is 3.33. The van der Waals surface area contributed by atoms with Crippen LogP contribution in [0.2, 0.25) is 0 Å². The number of nitrogen functional groups attached to an aromatic ring is 1. The standard InChI is InChI=1S/C19H20N4O3S3/c20-14(25)7-10-8-22-18(29-10)12-5-9-6-13(26-3-2-24)15(16(21)17(9)23-12)11-1-4-28-19(11)27/h1,4-6,10,23-24,27H,2-3,7-8,21H2,(H2,20,25). The molecule has 6 N–H and O–H groups in total.